The summed E-state index contributed by atoms with van der Waals surface area (Å²) in [7, 11) is 0. The van der Waals surface area contributed by atoms with E-state index >= 15 is 0 Å². The number of hydrogen-bond acceptors (Lipinski definition) is 3. The molecule has 0 aliphatic carbocycles. The lowest BCUT2D eigenvalue weighted by Gasteiger charge is -2.20. The molecule has 0 unspecified atom stereocenters. The third-order valence-electron chi connectivity index (χ3n) is 4.24. The molecule has 1 amide bonds. The first-order chi connectivity index (χ1) is 11.2. The Labute approximate surface area is 137 Å². The van der Waals surface area contributed by atoms with Gasteiger partial charge < -0.3 is 16.0 Å². The fourth-order valence-corrected chi connectivity index (χ4v) is 3.01. The van der Waals surface area contributed by atoms with Crippen LogP contribution in [0.4, 0.5) is 17.1 Å². The summed E-state index contributed by atoms with van der Waals surface area (Å²) in [4.78, 5) is 14.3. The Morgan fingerprint density at radius 3 is 2.52 bits per heavy atom. The summed E-state index contributed by atoms with van der Waals surface area (Å²) in [6, 6.07) is 15.7. The lowest BCUT2D eigenvalue weighted by molar-refractivity contribution is -0.116. The summed E-state index contributed by atoms with van der Waals surface area (Å²) in [6.07, 6.45) is 3.63. The fourth-order valence-electron chi connectivity index (χ4n) is 3.01. The minimum Gasteiger partial charge on any atom is -0.397 e. The molecular weight excluding hydrogens is 286 g/mol. The zero-order valence-corrected chi connectivity index (χ0v) is 13.3. The topological polar surface area (TPSA) is 58.4 Å². The van der Waals surface area contributed by atoms with Gasteiger partial charge in [-0.3, -0.25) is 4.79 Å². The van der Waals surface area contributed by atoms with E-state index in [1.807, 2.05) is 36.4 Å². The summed E-state index contributed by atoms with van der Waals surface area (Å²) in [5.74, 6) is 0.0263. The van der Waals surface area contributed by atoms with E-state index in [-0.39, 0.29) is 5.91 Å². The summed E-state index contributed by atoms with van der Waals surface area (Å²) in [5.41, 5.74) is 10.1. The van der Waals surface area contributed by atoms with Crippen LogP contribution in [0, 0.1) is 0 Å². The molecule has 1 saturated heterocycles. The lowest BCUT2D eigenvalue weighted by atomic mass is 10.1. The molecular formula is C19H23N3O. The molecule has 1 aliphatic heterocycles. The maximum absolute atomic E-state index is 12.0. The molecule has 2 aromatic carbocycles. The predicted octanol–water partition coefficient (Wildman–Crippen LogP) is 3.44. The Hall–Kier alpha value is -2.49. The second kappa shape index (κ2) is 7.18. The Balaban J connectivity index is 1.56. The summed E-state index contributed by atoms with van der Waals surface area (Å²) in [6.45, 7) is 2.17. The van der Waals surface area contributed by atoms with Gasteiger partial charge in [-0.2, -0.15) is 0 Å². The molecule has 0 aromatic heterocycles. The van der Waals surface area contributed by atoms with Gasteiger partial charge in [0, 0.05) is 25.2 Å². The highest BCUT2D eigenvalue weighted by molar-refractivity contribution is 5.90. The van der Waals surface area contributed by atoms with E-state index in [4.69, 9.17) is 5.73 Å². The van der Waals surface area contributed by atoms with Gasteiger partial charge in [-0.25, -0.2) is 0 Å². The zero-order valence-electron chi connectivity index (χ0n) is 13.3. The number of hydrogen-bond donors (Lipinski definition) is 2. The number of benzene rings is 2. The summed E-state index contributed by atoms with van der Waals surface area (Å²) < 4.78 is 0. The Kier molecular flexibility index (Phi) is 4.81. The van der Waals surface area contributed by atoms with Crippen molar-refractivity contribution in [2.24, 2.45) is 0 Å². The van der Waals surface area contributed by atoms with Gasteiger partial charge in [0.1, 0.15) is 0 Å². The van der Waals surface area contributed by atoms with E-state index in [1.54, 1.807) is 0 Å². The fraction of sp³-hybridized carbons (Fsp3) is 0.316. The van der Waals surface area contributed by atoms with Gasteiger partial charge in [-0.15, -0.1) is 0 Å². The molecule has 120 valence electrons. The molecule has 1 heterocycles. The van der Waals surface area contributed by atoms with E-state index in [0.29, 0.717) is 12.8 Å². The third kappa shape index (κ3) is 4.03. The molecule has 3 rings (SSSR count). The predicted molar refractivity (Wildman–Crippen MR) is 95.7 cm³/mol. The van der Waals surface area contributed by atoms with E-state index in [9.17, 15) is 4.79 Å². The lowest BCUT2D eigenvalue weighted by Crippen LogP contribution is -2.19. The van der Waals surface area contributed by atoms with Crippen LogP contribution in [0.25, 0.3) is 0 Å². The van der Waals surface area contributed by atoms with Gasteiger partial charge >= 0.3 is 0 Å². The molecule has 0 saturated carbocycles. The molecule has 4 heteroatoms. The van der Waals surface area contributed by atoms with Gasteiger partial charge in [0.05, 0.1) is 11.4 Å². The summed E-state index contributed by atoms with van der Waals surface area (Å²) >= 11 is 0. The van der Waals surface area contributed by atoms with Crippen LogP contribution in [-0.4, -0.2) is 19.0 Å². The van der Waals surface area contributed by atoms with Gasteiger partial charge in [-0.05, 0) is 49.1 Å². The molecule has 1 aliphatic rings. The molecule has 0 atom stereocenters. The maximum Gasteiger partial charge on any atom is 0.224 e. The molecule has 23 heavy (non-hydrogen) atoms. The third-order valence-corrected chi connectivity index (χ3v) is 4.24. The smallest absolute Gasteiger partial charge is 0.224 e. The quantitative estimate of drug-likeness (QED) is 0.832. The van der Waals surface area contributed by atoms with Crippen molar-refractivity contribution in [3.05, 3.63) is 54.1 Å². The number of carbonyl (C=O) groups excluding carboxylic acids is 1. The average molecular weight is 309 g/mol. The standard InChI is InChI=1S/C19H23N3O/c20-17-14-15(8-10-18(17)22-12-4-5-13-22)9-11-19(23)21-16-6-2-1-3-7-16/h1-3,6-8,10,14H,4-5,9,11-13,20H2,(H,21,23). The number of rotatable bonds is 5. The van der Waals surface area contributed by atoms with Crippen molar-refractivity contribution < 1.29 is 4.79 Å². The van der Waals surface area contributed by atoms with E-state index < -0.39 is 0 Å². The number of nitrogens with one attached hydrogen (secondary N) is 1. The Bertz CT molecular complexity index is 664. The zero-order chi connectivity index (χ0) is 16.1. The van der Waals surface area contributed by atoms with Crippen molar-refractivity contribution in [3.63, 3.8) is 0 Å². The Morgan fingerprint density at radius 2 is 1.83 bits per heavy atom. The van der Waals surface area contributed by atoms with Crippen LogP contribution in [0.1, 0.15) is 24.8 Å². The number of nitrogens with zero attached hydrogens (tertiary/aromatic N) is 1. The van der Waals surface area contributed by atoms with Crippen LogP contribution in [-0.2, 0) is 11.2 Å². The van der Waals surface area contributed by atoms with Crippen molar-refractivity contribution in [2.45, 2.75) is 25.7 Å². The largest absolute Gasteiger partial charge is 0.397 e. The highest BCUT2D eigenvalue weighted by Crippen LogP contribution is 2.27. The van der Waals surface area contributed by atoms with Crippen molar-refractivity contribution in [1.82, 2.24) is 0 Å². The molecule has 0 spiro atoms. The van der Waals surface area contributed by atoms with Crippen LogP contribution in [0.5, 0.6) is 0 Å². The van der Waals surface area contributed by atoms with Gasteiger partial charge in [0.15, 0.2) is 0 Å². The van der Waals surface area contributed by atoms with Crippen LogP contribution < -0.4 is 16.0 Å². The van der Waals surface area contributed by atoms with Gasteiger partial charge in [-0.1, -0.05) is 24.3 Å². The number of carbonyl (C=O) groups is 1. The number of nitrogens with two attached hydrogens (primary N) is 1. The molecule has 0 radical (unpaired) electrons. The maximum atomic E-state index is 12.0. The van der Waals surface area contributed by atoms with Gasteiger partial charge in [0.2, 0.25) is 5.91 Å². The minimum absolute atomic E-state index is 0.0263. The minimum atomic E-state index is 0.0263. The van der Waals surface area contributed by atoms with E-state index in [1.165, 1.54) is 12.8 Å². The molecule has 4 nitrogen and oxygen atoms in total. The van der Waals surface area contributed by atoms with E-state index in [2.05, 4.69) is 22.3 Å². The number of aryl methyl sites for hydroxylation is 1. The van der Waals surface area contributed by atoms with Crippen molar-refractivity contribution >= 4 is 23.0 Å². The van der Waals surface area contributed by atoms with Gasteiger partial charge in [0.25, 0.3) is 0 Å². The van der Waals surface area contributed by atoms with Crippen molar-refractivity contribution in [3.8, 4) is 0 Å². The second-order valence-corrected chi connectivity index (χ2v) is 6.00. The van der Waals surface area contributed by atoms with Crippen LogP contribution in [0.3, 0.4) is 0 Å². The van der Waals surface area contributed by atoms with Crippen LogP contribution in [0.2, 0.25) is 0 Å². The molecule has 2 aromatic rings. The number of anilines is 3. The van der Waals surface area contributed by atoms with Crippen LogP contribution >= 0.6 is 0 Å². The highest BCUT2D eigenvalue weighted by atomic mass is 16.1. The van der Waals surface area contributed by atoms with Crippen molar-refractivity contribution in [1.29, 1.82) is 0 Å². The monoisotopic (exact) mass is 309 g/mol. The highest BCUT2D eigenvalue weighted by Gasteiger charge is 2.15. The number of nitrogen functional groups attached to an aromatic ring is 1. The van der Waals surface area contributed by atoms with Crippen molar-refractivity contribution in [2.75, 3.05) is 29.0 Å². The SMILES string of the molecule is Nc1cc(CCC(=O)Nc2ccccc2)ccc1N1CCCC1. The first-order valence-electron chi connectivity index (χ1n) is 8.20. The van der Waals surface area contributed by atoms with Crippen LogP contribution in [0.15, 0.2) is 48.5 Å². The Morgan fingerprint density at radius 1 is 1.09 bits per heavy atom. The molecule has 3 N–H and O–H groups in total. The average Bonchev–Trinajstić information content (AvgIpc) is 3.08. The van der Waals surface area contributed by atoms with E-state index in [0.717, 1.165) is 35.7 Å². The number of para-hydroxylation sites is 1. The number of amides is 1. The normalized spacial score (nSPS) is 14.0. The first-order valence-corrected chi connectivity index (χ1v) is 8.20. The summed E-state index contributed by atoms with van der Waals surface area (Å²) in [5, 5.41) is 2.90. The second-order valence-electron chi connectivity index (χ2n) is 6.00. The molecule has 0 bridgehead atoms. The molecule has 1 fully saturated rings. The first kappa shape index (κ1) is 15.4.